The molecule has 126 valence electrons. The average molecular weight is 317 g/mol. The van der Waals surface area contributed by atoms with Crippen LogP contribution in [0.4, 0.5) is 5.82 Å². The van der Waals surface area contributed by atoms with E-state index in [9.17, 15) is 4.79 Å². The molecule has 1 N–H and O–H groups in total. The van der Waals surface area contributed by atoms with E-state index >= 15 is 0 Å². The minimum atomic E-state index is 0.0188. The third-order valence-electron chi connectivity index (χ3n) is 4.93. The molecule has 0 spiro atoms. The maximum atomic E-state index is 12.0. The van der Waals surface area contributed by atoms with Gasteiger partial charge in [-0.2, -0.15) is 5.10 Å². The zero-order chi connectivity index (χ0) is 16.6. The lowest BCUT2D eigenvalue weighted by Gasteiger charge is -2.47. The van der Waals surface area contributed by atoms with Crippen LogP contribution in [0.2, 0.25) is 0 Å². The lowest BCUT2D eigenvalue weighted by molar-refractivity contribution is -0.128. The number of hydrogen-bond donors (Lipinski definition) is 1. The van der Waals surface area contributed by atoms with Crippen LogP contribution in [0.5, 0.6) is 0 Å². The lowest BCUT2D eigenvalue weighted by atomic mass is 9.92. The topological polar surface area (TPSA) is 61.4 Å². The largest absolute Gasteiger partial charge is 0.355 e. The molecule has 1 unspecified atom stereocenters. The highest BCUT2D eigenvalue weighted by molar-refractivity contribution is 5.82. The fourth-order valence-electron chi connectivity index (χ4n) is 3.19. The summed E-state index contributed by atoms with van der Waals surface area (Å²) in [5.41, 5.74) is 1.03. The summed E-state index contributed by atoms with van der Waals surface area (Å²) in [5, 5.41) is 11.7. The Bertz CT molecular complexity index is 559. The van der Waals surface area contributed by atoms with Crippen LogP contribution in [-0.2, 0) is 10.2 Å². The molecule has 1 amide bonds. The van der Waals surface area contributed by atoms with Crippen LogP contribution in [0.15, 0.2) is 12.1 Å². The first kappa shape index (κ1) is 16.2. The predicted octanol–water partition coefficient (Wildman–Crippen LogP) is 1.17. The number of hydrogen-bond acceptors (Lipinski definition) is 5. The van der Waals surface area contributed by atoms with E-state index in [4.69, 9.17) is 0 Å². The van der Waals surface area contributed by atoms with Gasteiger partial charge in [-0.25, -0.2) is 0 Å². The molecule has 23 heavy (non-hydrogen) atoms. The number of aromatic nitrogens is 2. The van der Waals surface area contributed by atoms with Crippen molar-refractivity contribution in [3.8, 4) is 0 Å². The molecule has 3 rings (SSSR count). The van der Waals surface area contributed by atoms with Crippen molar-refractivity contribution in [2.24, 2.45) is 0 Å². The number of nitrogens with zero attached hydrogens (tertiary/aromatic N) is 4. The van der Waals surface area contributed by atoms with E-state index in [1.54, 1.807) is 0 Å². The maximum Gasteiger partial charge on any atom is 0.237 e. The molecule has 1 atom stereocenters. The molecule has 2 aliphatic heterocycles. The van der Waals surface area contributed by atoms with Gasteiger partial charge in [-0.15, -0.1) is 5.10 Å². The van der Waals surface area contributed by atoms with Crippen LogP contribution in [0.3, 0.4) is 0 Å². The molecule has 2 fully saturated rings. The number of nitrogens with one attached hydrogen (secondary N) is 1. The van der Waals surface area contributed by atoms with Crippen molar-refractivity contribution < 1.29 is 4.79 Å². The van der Waals surface area contributed by atoms with Crippen LogP contribution >= 0.6 is 0 Å². The zero-order valence-corrected chi connectivity index (χ0v) is 14.5. The third kappa shape index (κ3) is 3.32. The van der Waals surface area contributed by atoms with E-state index in [1.165, 1.54) is 0 Å². The first-order chi connectivity index (χ1) is 10.9. The molecule has 2 aliphatic rings. The minimum Gasteiger partial charge on any atom is -0.355 e. The number of carbonyl (C=O) groups excluding carboxylic acids is 1. The summed E-state index contributed by atoms with van der Waals surface area (Å²) in [6.07, 6.45) is 2.02. The summed E-state index contributed by atoms with van der Waals surface area (Å²) in [6, 6.07) is 4.55. The van der Waals surface area contributed by atoms with Crippen molar-refractivity contribution in [1.29, 1.82) is 0 Å². The second kappa shape index (κ2) is 6.07. The summed E-state index contributed by atoms with van der Waals surface area (Å²) in [5.74, 6) is 1.10. The Hall–Kier alpha value is -1.69. The number of carbonyl (C=O) groups is 1. The molecule has 0 aromatic carbocycles. The normalized spacial score (nSPS) is 22.9. The number of rotatable bonds is 3. The number of likely N-dealkylation sites (N-methyl/N-ethyl adjacent to an activating group) is 1. The van der Waals surface area contributed by atoms with Gasteiger partial charge < -0.3 is 10.2 Å². The van der Waals surface area contributed by atoms with Crippen molar-refractivity contribution in [3.05, 3.63) is 17.8 Å². The highest BCUT2D eigenvalue weighted by atomic mass is 16.2. The highest BCUT2D eigenvalue weighted by Crippen LogP contribution is 2.25. The summed E-state index contributed by atoms with van der Waals surface area (Å²) in [4.78, 5) is 16.4. The molecular weight excluding hydrogens is 290 g/mol. The molecule has 6 nitrogen and oxygen atoms in total. The van der Waals surface area contributed by atoms with E-state index in [2.05, 4.69) is 65.3 Å². The minimum absolute atomic E-state index is 0.0188. The van der Waals surface area contributed by atoms with Crippen LogP contribution in [0.25, 0.3) is 0 Å². The van der Waals surface area contributed by atoms with Crippen LogP contribution in [-0.4, -0.2) is 59.8 Å². The lowest BCUT2D eigenvalue weighted by Crippen LogP contribution is -2.63. The number of anilines is 1. The molecule has 1 aromatic heterocycles. The van der Waals surface area contributed by atoms with Gasteiger partial charge in [0.1, 0.15) is 0 Å². The monoisotopic (exact) mass is 317 g/mol. The molecule has 0 radical (unpaired) electrons. The first-order valence-electron chi connectivity index (χ1n) is 8.45. The van der Waals surface area contributed by atoms with E-state index in [-0.39, 0.29) is 17.4 Å². The molecular formula is C17H27N5O. The van der Waals surface area contributed by atoms with Gasteiger partial charge in [0.05, 0.1) is 11.7 Å². The van der Waals surface area contributed by atoms with E-state index < -0.39 is 0 Å². The second-order valence-corrected chi connectivity index (χ2v) is 7.70. The molecule has 0 aliphatic carbocycles. The third-order valence-corrected chi connectivity index (χ3v) is 4.93. The summed E-state index contributed by atoms with van der Waals surface area (Å²) >= 11 is 0. The van der Waals surface area contributed by atoms with Gasteiger partial charge in [0, 0.05) is 31.1 Å². The van der Waals surface area contributed by atoms with Crippen molar-refractivity contribution >= 4 is 11.7 Å². The first-order valence-corrected chi connectivity index (χ1v) is 8.45. The summed E-state index contributed by atoms with van der Waals surface area (Å²) in [7, 11) is 2.06. The highest BCUT2D eigenvalue weighted by Gasteiger charge is 2.37. The Morgan fingerprint density at radius 2 is 2.00 bits per heavy atom. The van der Waals surface area contributed by atoms with Gasteiger partial charge in [0.15, 0.2) is 5.82 Å². The van der Waals surface area contributed by atoms with Crippen LogP contribution in [0.1, 0.15) is 39.3 Å². The van der Waals surface area contributed by atoms with Crippen molar-refractivity contribution in [2.45, 2.75) is 51.1 Å². The summed E-state index contributed by atoms with van der Waals surface area (Å²) in [6.45, 7) is 9.05. The van der Waals surface area contributed by atoms with E-state index in [1.807, 2.05) is 0 Å². The Labute approximate surface area is 138 Å². The van der Waals surface area contributed by atoms with Gasteiger partial charge >= 0.3 is 0 Å². The SMILES string of the molecule is CN(C1CN(c2ccc(C(C)(C)C)nn2)C1)C1CCCNC1=O. The predicted molar refractivity (Wildman–Crippen MR) is 90.5 cm³/mol. The number of amides is 1. The Morgan fingerprint density at radius 3 is 2.57 bits per heavy atom. The van der Waals surface area contributed by atoms with E-state index in [0.29, 0.717) is 6.04 Å². The smallest absolute Gasteiger partial charge is 0.237 e. The summed E-state index contributed by atoms with van der Waals surface area (Å²) < 4.78 is 0. The molecule has 2 saturated heterocycles. The Kier molecular flexibility index (Phi) is 4.27. The fourth-order valence-corrected chi connectivity index (χ4v) is 3.19. The van der Waals surface area contributed by atoms with Crippen molar-refractivity contribution in [2.75, 3.05) is 31.6 Å². The van der Waals surface area contributed by atoms with Crippen molar-refractivity contribution in [3.63, 3.8) is 0 Å². The molecule has 3 heterocycles. The molecule has 6 heteroatoms. The standard InChI is InChI=1S/C17H27N5O/c1-17(2,3)14-7-8-15(20-19-14)22-10-12(11-22)21(4)13-6-5-9-18-16(13)23/h7-8,12-13H,5-6,9-11H2,1-4H3,(H,18,23). The van der Waals surface area contributed by atoms with Gasteiger partial charge in [0.25, 0.3) is 0 Å². The van der Waals surface area contributed by atoms with Crippen LogP contribution in [0, 0.1) is 0 Å². The Balaban J connectivity index is 1.57. The maximum absolute atomic E-state index is 12.0. The molecule has 0 saturated carbocycles. The quantitative estimate of drug-likeness (QED) is 0.907. The van der Waals surface area contributed by atoms with Gasteiger partial charge in [0.2, 0.25) is 5.91 Å². The van der Waals surface area contributed by atoms with Crippen LogP contribution < -0.4 is 10.2 Å². The number of piperidine rings is 1. The van der Waals surface area contributed by atoms with E-state index in [0.717, 1.165) is 44.0 Å². The molecule has 0 bridgehead atoms. The average Bonchev–Trinajstić information content (AvgIpc) is 2.45. The fraction of sp³-hybridized carbons (Fsp3) is 0.706. The zero-order valence-electron chi connectivity index (χ0n) is 14.5. The van der Waals surface area contributed by atoms with Gasteiger partial charge in [-0.1, -0.05) is 20.8 Å². The van der Waals surface area contributed by atoms with Crippen molar-refractivity contribution in [1.82, 2.24) is 20.4 Å². The Morgan fingerprint density at radius 1 is 1.26 bits per heavy atom. The second-order valence-electron chi connectivity index (χ2n) is 7.70. The van der Waals surface area contributed by atoms with Gasteiger partial charge in [-0.05, 0) is 32.0 Å². The van der Waals surface area contributed by atoms with Gasteiger partial charge in [-0.3, -0.25) is 9.69 Å². The molecule has 1 aromatic rings.